The van der Waals surface area contributed by atoms with Crippen molar-refractivity contribution in [1.82, 2.24) is 5.32 Å². The molecule has 0 aromatic heterocycles. The Morgan fingerprint density at radius 3 is 2.47 bits per heavy atom. The normalized spacial score (nSPS) is 51.4. The van der Waals surface area contributed by atoms with Gasteiger partial charge in [-0.25, -0.2) is 0 Å². The third-order valence-electron chi connectivity index (χ3n) is 10.7. The van der Waals surface area contributed by atoms with E-state index in [1.165, 1.54) is 0 Å². The Kier molecular flexibility index (Phi) is 6.00. The largest absolute Gasteiger partial charge is 0.480 e. The number of carboxylic acids is 1. The van der Waals surface area contributed by atoms with Crippen LogP contribution in [0.4, 0.5) is 0 Å². The van der Waals surface area contributed by atoms with Crippen LogP contribution >= 0.6 is 0 Å². The average Bonchev–Trinajstić information content (AvgIpc) is 3.18. The molecule has 34 heavy (non-hydrogen) atoms. The number of carbonyl (C=O) groups is 2. The van der Waals surface area contributed by atoms with Gasteiger partial charge in [-0.15, -0.1) is 0 Å². The van der Waals surface area contributed by atoms with Gasteiger partial charge in [-0.1, -0.05) is 34.1 Å². The van der Waals surface area contributed by atoms with E-state index in [2.05, 4.69) is 19.2 Å². The van der Waals surface area contributed by atoms with Crippen molar-refractivity contribution >= 4 is 11.9 Å². The number of aliphatic hydroxyl groups excluding tert-OH is 2. The van der Waals surface area contributed by atoms with Gasteiger partial charge in [0.15, 0.2) is 0 Å². The van der Waals surface area contributed by atoms with Crippen LogP contribution in [-0.4, -0.2) is 45.9 Å². The van der Waals surface area contributed by atoms with Crippen LogP contribution in [0.2, 0.25) is 0 Å². The zero-order valence-electron chi connectivity index (χ0n) is 25.2. The molecule has 4 fully saturated rings. The molecule has 1 amide bonds. The summed E-state index contributed by atoms with van der Waals surface area (Å²) in [6.45, 7) is 8.11. The molecule has 4 aliphatic carbocycles. The number of nitrogens with one attached hydrogen (secondary N) is 1. The third kappa shape index (κ3) is 4.31. The smallest absolute Gasteiger partial charge is 0.322 e. The van der Waals surface area contributed by atoms with Crippen molar-refractivity contribution in [3.05, 3.63) is 0 Å². The monoisotopic (exact) mass is 481 g/mol. The predicted molar refractivity (Wildman–Crippen MR) is 131 cm³/mol. The van der Waals surface area contributed by atoms with Crippen LogP contribution in [0.5, 0.6) is 0 Å². The molecule has 0 aromatic rings. The number of aliphatic carboxylic acids is 1. The minimum Gasteiger partial charge on any atom is -0.480 e. The highest BCUT2D eigenvalue weighted by Gasteiger charge is 2.64. The molecule has 4 aliphatic rings. The van der Waals surface area contributed by atoms with Crippen molar-refractivity contribution in [2.24, 2.45) is 52.3 Å². The molecular formula is C28H47NO5. The van der Waals surface area contributed by atoms with Crippen molar-refractivity contribution in [3.63, 3.8) is 0 Å². The van der Waals surface area contributed by atoms with E-state index in [9.17, 15) is 19.8 Å². The first-order chi connectivity index (χ1) is 17.5. The Balaban J connectivity index is 1.59. The summed E-state index contributed by atoms with van der Waals surface area (Å²) in [5, 5.41) is 33.9. The minimum absolute atomic E-state index is 0.0168. The van der Waals surface area contributed by atoms with Gasteiger partial charge in [0.25, 0.3) is 0 Å². The molecular weight excluding hydrogens is 430 g/mol. The Labute approximate surface area is 210 Å². The molecule has 4 N–H and O–H groups in total. The van der Waals surface area contributed by atoms with Gasteiger partial charge in [-0.05, 0) is 104 Å². The first kappa shape index (κ1) is 21.0. The summed E-state index contributed by atoms with van der Waals surface area (Å²) < 4.78 is 34.9. The number of hydrogen-bond acceptors (Lipinski definition) is 4. The second-order valence-electron chi connectivity index (χ2n) is 12.2. The molecule has 4 saturated carbocycles. The van der Waals surface area contributed by atoms with Crippen LogP contribution in [0.1, 0.15) is 97.3 Å². The molecule has 0 saturated heterocycles. The Bertz CT molecular complexity index is 933. The minimum atomic E-state index is -2.13. The summed E-state index contributed by atoms with van der Waals surface area (Å²) in [4.78, 5) is 22.9. The van der Waals surface area contributed by atoms with Crippen molar-refractivity contribution in [2.45, 2.75) is 104 Å². The van der Waals surface area contributed by atoms with Gasteiger partial charge in [0.2, 0.25) is 5.91 Å². The van der Waals surface area contributed by atoms with Crippen LogP contribution in [0.3, 0.4) is 0 Å². The molecule has 0 heterocycles. The molecule has 194 valence electrons. The van der Waals surface area contributed by atoms with Gasteiger partial charge in [-0.2, -0.15) is 0 Å². The third-order valence-corrected chi connectivity index (χ3v) is 10.7. The number of carbonyl (C=O) groups excluding carboxylic acids is 1. The fraction of sp³-hybridized carbons (Fsp3) is 0.929. The van der Waals surface area contributed by atoms with Crippen LogP contribution in [0.25, 0.3) is 0 Å². The van der Waals surface area contributed by atoms with Crippen molar-refractivity contribution < 1.29 is 30.4 Å². The molecule has 6 nitrogen and oxygen atoms in total. The molecule has 4 rings (SSSR count). The van der Waals surface area contributed by atoms with E-state index in [-0.39, 0.29) is 60.3 Å². The standard InChI is InChI=1S/C28H47NO5/c1-5-18-22-14-17(30)10-12-28(22,4)21-11-13-27(3)19(7-8-20(27)25(21)26(18)34)16(2)6-9-23(31)29-15-24(32)33/h16-22,25-26,30,34H,5-15H2,1-4H3,(H,29,31)(H,32,33)/t16-,17-,18-,19-,20+,21+,22+,25+,26-,27-,28-/m1/s1/i10D2,14D2. The maximum atomic E-state index is 12.1. The summed E-state index contributed by atoms with van der Waals surface area (Å²) in [7, 11) is 0. The number of fused-ring (bicyclic) bond motifs is 5. The molecule has 0 bridgehead atoms. The molecule has 11 atom stereocenters. The maximum Gasteiger partial charge on any atom is 0.322 e. The van der Waals surface area contributed by atoms with Crippen LogP contribution in [-0.2, 0) is 9.59 Å². The van der Waals surface area contributed by atoms with Gasteiger partial charge >= 0.3 is 5.97 Å². The zero-order chi connectivity index (χ0) is 28.4. The lowest BCUT2D eigenvalue weighted by Crippen LogP contribution is -2.62. The van der Waals surface area contributed by atoms with Gasteiger partial charge in [0.05, 0.1) is 12.2 Å². The Morgan fingerprint density at radius 1 is 1.09 bits per heavy atom. The van der Waals surface area contributed by atoms with Crippen molar-refractivity contribution in [3.8, 4) is 0 Å². The summed E-state index contributed by atoms with van der Waals surface area (Å²) in [6, 6.07) is 0. The van der Waals surface area contributed by atoms with Crippen molar-refractivity contribution in [2.75, 3.05) is 6.54 Å². The second-order valence-corrected chi connectivity index (χ2v) is 12.2. The van der Waals surface area contributed by atoms with E-state index < -0.39 is 42.3 Å². The maximum absolute atomic E-state index is 12.1. The van der Waals surface area contributed by atoms with E-state index in [1.54, 1.807) is 0 Å². The van der Waals surface area contributed by atoms with Gasteiger partial charge in [0.1, 0.15) is 6.54 Å². The topological polar surface area (TPSA) is 107 Å². The quantitative estimate of drug-likeness (QED) is 0.435. The zero-order valence-corrected chi connectivity index (χ0v) is 21.2. The lowest BCUT2D eigenvalue weighted by molar-refractivity contribution is -0.203. The summed E-state index contributed by atoms with van der Waals surface area (Å²) in [5.41, 5.74) is -0.698. The lowest BCUT2D eigenvalue weighted by atomic mass is 9.41. The number of carboxylic acid groups (broad SMARTS) is 1. The molecule has 0 aliphatic heterocycles. The van der Waals surface area contributed by atoms with Crippen LogP contribution < -0.4 is 5.32 Å². The Morgan fingerprint density at radius 2 is 1.79 bits per heavy atom. The summed E-state index contributed by atoms with van der Waals surface area (Å²) in [6.07, 6.45) is -1.29. The molecule has 0 spiro atoms. The highest BCUT2D eigenvalue weighted by Crippen LogP contribution is 2.69. The van der Waals surface area contributed by atoms with Gasteiger partial charge < -0.3 is 20.6 Å². The van der Waals surface area contributed by atoms with E-state index in [4.69, 9.17) is 10.6 Å². The fourth-order valence-electron chi connectivity index (χ4n) is 9.02. The highest BCUT2D eigenvalue weighted by molar-refractivity contribution is 5.81. The molecule has 0 aromatic carbocycles. The summed E-state index contributed by atoms with van der Waals surface area (Å²) >= 11 is 0. The molecule has 0 radical (unpaired) electrons. The highest BCUT2D eigenvalue weighted by atomic mass is 16.4. The number of aliphatic hydroxyl groups is 2. The van der Waals surface area contributed by atoms with Crippen LogP contribution in [0, 0.1) is 52.3 Å². The SMILES string of the molecule is [2H]C1([2H])C[C@@]2(C)[C@H]([C@@H](CC)[C@@H](O)[C@@H]3[C@@H]2CC[C@]2(C)[C@@H]([C@H](C)CCC(=O)NCC(=O)O)CC[C@@H]32)C([2H])([2H])[C@@H]1O. The van der Waals surface area contributed by atoms with Crippen molar-refractivity contribution in [1.29, 1.82) is 0 Å². The van der Waals surface area contributed by atoms with E-state index in [0.29, 0.717) is 18.8 Å². The molecule has 0 unspecified atom stereocenters. The summed E-state index contributed by atoms with van der Waals surface area (Å²) in [5.74, 6) is -1.47. The lowest BCUT2D eigenvalue weighted by Gasteiger charge is -2.64. The first-order valence-electron chi connectivity index (χ1n) is 15.4. The van der Waals surface area contributed by atoms with E-state index in [1.807, 2.05) is 13.8 Å². The van der Waals surface area contributed by atoms with E-state index >= 15 is 0 Å². The Hall–Kier alpha value is -1.14. The second kappa shape index (κ2) is 9.72. The van der Waals surface area contributed by atoms with Gasteiger partial charge in [-0.3, -0.25) is 9.59 Å². The fourth-order valence-corrected chi connectivity index (χ4v) is 9.02. The average molecular weight is 482 g/mol. The number of amides is 1. The first-order valence-corrected chi connectivity index (χ1v) is 13.4. The predicted octanol–water partition coefficient (Wildman–Crippen LogP) is 4.23. The van der Waals surface area contributed by atoms with E-state index in [0.717, 1.165) is 25.7 Å². The van der Waals surface area contributed by atoms with Crippen LogP contribution in [0.15, 0.2) is 0 Å². The number of hydrogen-bond donors (Lipinski definition) is 4. The van der Waals surface area contributed by atoms with Gasteiger partial charge in [0, 0.05) is 11.9 Å². The molecule has 6 heteroatoms. The number of rotatable bonds is 7.